The summed E-state index contributed by atoms with van der Waals surface area (Å²) >= 11 is 0. The quantitative estimate of drug-likeness (QED) is 0.763. The molecule has 1 N–H and O–H groups in total. The zero-order valence-corrected chi connectivity index (χ0v) is 16.2. The number of rotatable bonds is 3. The zero-order chi connectivity index (χ0) is 19.7. The first-order chi connectivity index (χ1) is 13.5. The first-order valence-electron chi connectivity index (χ1n) is 9.57. The fraction of sp³-hybridized carbons (Fsp3) is 0.318. The number of aryl methyl sites for hydroxylation is 2. The van der Waals surface area contributed by atoms with E-state index in [0.717, 1.165) is 36.4 Å². The van der Waals surface area contributed by atoms with Crippen molar-refractivity contribution in [2.45, 2.75) is 20.4 Å². The summed E-state index contributed by atoms with van der Waals surface area (Å²) in [5.74, 6) is -0.196. The monoisotopic (exact) mass is 376 g/mol. The van der Waals surface area contributed by atoms with Crippen molar-refractivity contribution in [2.75, 3.05) is 26.2 Å². The summed E-state index contributed by atoms with van der Waals surface area (Å²) in [4.78, 5) is 37.4. The Hall–Kier alpha value is -2.99. The number of nitrogens with one attached hydrogen (secondary N) is 1. The molecular formula is C22H24N4O2. The molecule has 6 nitrogen and oxygen atoms in total. The number of piperazine rings is 1. The fourth-order valence-corrected chi connectivity index (χ4v) is 3.67. The second-order valence-electron chi connectivity index (χ2n) is 7.42. The van der Waals surface area contributed by atoms with Crippen LogP contribution in [0, 0.1) is 13.8 Å². The van der Waals surface area contributed by atoms with Crippen molar-refractivity contribution >= 4 is 16.8 Å². The highest BCUT2D eigenvalue weighted by Gasteiger charge is 2.24. The molecule has 28 heavy (non-hydrogen) atoms. The van der Waals surface area contributed by atoms with Gasteiger partial charge in [0, 0.05) is 56.0 Å². The number of H-pyrrole nitrogens is 1. The molecule has 1 saturated heterocycles. The van der Waals surface area contributed by atoms with Gasteiger partial charge in [0.1, 0.15) is 5.56 Å². The van der Waals surface area contributed by atoms with Crippen LogP contribution in [0.15, 0.2) is 47.5 Å². The molecule has 1 aliphatic rings. The Morgan fingerprint density at radius 2 is 1.93 bits per heavy atom. The molecule has 0 unspecified atom stereocenters. The summed E-state index contributed by atoms with van der Waals surface area (Å²) in [6.45, 7) is 7.54. The van der Waals surface area contributed by atoms with Gasteiger partial charge < -0.3 is 9.88 Å². The molecule has 0 spiro atoms. The molecule has 0 bridgehead atoms. The van der Waals surface area contributed by atoms with Gasteiger partial charge in [0.05, 0.1) is 5.69 Å². The first-order valence-corrected chi connectivity index (χ1v) is 9.57. The predicted octanol–water partition coefficient (Wildman–Crippen LogP) is 2.50. The maximum atomic E-state index is 12.9. The Morgan fingerprint density at radius 1 is 1.14 bits per heavy atom. The van der Waals surface area contributed by atoms with Crippen molar-refractivity contribution < 1.29 is 4.79 Å². The van der Waals surface area contributed by atoms with Crippen LogP contribution >= 0.6 is 0 Å². The lowest BCUT2D eigenvalue weighted by molar-refractivity contribution is 0.0625. The Morgan fingerprint density at radius 3 is 2.68 bits per heavy atom. The molecule has 1 fully saturated rings. The molecular weight excluding hydrogens is 352 g/mol. The highest BCUT2D eigenvalue weighted by atomic mass is 16.2. The molecule has 2 aromatic heterocycles. The van der Waals surface area contributed by atoms with Crippen molar-refractivity contribution in [1.29, 1.82) is 0 Å². The third-order valence-electron chi connectivity index (χ3n) is 5.42. The van der Waals surface area contributed by atoms with E-state index < -0.39 is 0 Å². The lowest BCUT2D eigenvalue weighted by atomic mass is 10.1. The second-order valence-corrected chi connectivity index (χ2v) is 7.42. The fourth-order valence-electron chi connectivity index (χ4n) is 3.67. The molecule has 144 valence electrons. The van der Waals surface area contributed by atoms with E-state index in [9.17, 15) is 9.59 Å². The number of fused-ring (bicyclic) bond motifs is 1. The second kappa shape index (κ2) is 7.56. The van der Waals surface area contributed by atoms with Crippen LogP contribution in [0.25, 0.3) is 10.9 Å². The third kappa shape index (κ3) is 3.55. The van der Waals surface area contributed by atoms with Crippen LogP contribution in [0.5, 0.6) is 0 Å². The molecule has 0 aliphatic carbocycles. The summed E-state index contributed by atoms with van der Waals surface area (Å²) < 4.78 is 0. The maximum Gasteiger partial charge on any atom is 0.259 e. The summed E-state index contributed by atoms with van der Waals surface area (Å²) in [7, 11) is 0. The number of benzene rings is 1. The molecule has 0 saturated carbocycles. The molecule has 3 heterocycles. The summed E-state index contributed by atoms with van der Waals surface area (Å²) in [6, 6.07) is 9.66. The minimum Gasteiger partial charge on any atom is -0.360 e. The molecule has 0 radical (unpaired) electrons. The van der Waals surface area contributed by atoms with Gasteiger partial charge in [0.25, 0.3) is 5.91 Å². The average molecular weight is 376 g/mol. The molecule has 1 aliphatic heterocycles. The number of aromatic nitrogens is 2. The number of carbonyl (C=O) groups is 1. The van der Waals surface area contributed by atoms with E-state index in [1.807, 2.05) is 37.4 Å². The largest absolute Gasteiger partial charge is 0.360 e. The Labute approximate surface area is 163 Å². The summed E-state index contributed by atoms with van der Waals surface area (Å²) in [6.07, 6.45) is 3.36. The average Bonchev–Trinajstić information content (AvgIpc) is 2.70. The Kier molecular flexibility index (Phi) is 4.96. The number of aromatic amines is 1. The van der Waals surface area contributed by atoms with E-state index in [4.69, 9.17) is 0 Å². The SMILES string of the molecule is Cc1ccc2[nH]cc(C(=O)N3CCN(Cc4ncccc4C)CC3)c(=O)c2c1. The highest BCUT2D eigenvalue weighted by molar-refractivity contribution is 5.97. The minimum atomic E-state index is -0.200. The Balaban J connectivity index is 1.47. The van der Waals surface area contributed by atoms with Gasteiger partial charge >= 0.3 is 0 Å². The van der Waals surface area contributed by atoms with Gasteiger partial charge in [-0.15, -0.1) is 0 Å². The normalized spacial score (nSPS) is 15.1. The lowest BCUT2D eigenvalue weighted by Crippen LogP contribution is -2.49. The van der Waals surface area contributed by atoms with Crippen LogP contribution in [-0.2, 0) is 6.54 Å². The van der Waals surface area contributed by atoms with Crippen molar-refractivity contribution in [3.8, 4) is 0 Å². The van der Waals surface area contributed by atoms with E-state index in [-0.39, 0.29) is 16.9 Å². The topological polar surface area (TPSA) is 69.3 Å². The van der Waals surface area contributed by atoms with Gasteiger partial charge in [0.2, 0.25) is 5.43 Å². The van der Waals surface area contributed by atoms with Crippen molar-refractivity contribution in [3.63, 3.8) is 0 Å². The van der Waals surface area contributed by atoms with Gasteiger partial charge in [-0.3, -0.25) is 19.5 Å². The van der Waals surface area contributed by atoms with Crippen molar-refractivity contribution in [2.24, 2.45) is 0 Å². The predicted molar refractivity (Wildman–Crippen MR) is 109 cm³/mol. The van der Waals surface area contributed by atoms with E-state index in [0.29, 0.717) is 18.5 Å². The van der Waals surface area contributed by atoms with Crippen LogP contribution < -0.4 is 5.43 Å². The number of hydrogen-bond donors (Lipinski definition) is 1. The lowest BCUT2D eigenvalue weighted by Gasteiger charge is -2.34. The van der Waals surface area contributed by atoms with Gasteiger partial charge in [-0.05, 0) is 37.6 Å². The standard InChI is InChI=1S/C22H24N4O2/c1-15-5-6-19-17(12-15)21(27)18(13-24-19)22(28)26-10-8-25(9-11-26)14-20-16(2)4-3-7-23-20/h3-7,12-13H,8-11,14H2,1-2H3,(H,24,27). The van der Waals surface area contributed by atoms with Crippen molar-refractivity contribution in [3.05, 3.63) is 75.3 Å². The molecule has 1 aromatic carbocycles. The van der Waals surface area contributed by atoms with Crippen LogP contribution in [-0.4, -0.2) is 51.9 Å². The smallest absolute Gasteiger partial charge is 0.259 e. The first kappa shape index (κ1) is 18.4. The Bertz CT molecular complexity index is 1080. The summed E-state index contributed by atoms with van der Waals surface area (Å²) in [5, 5.41) is 0.565. The van der Waals surface area contributed by atoms with E-state index in [2.05, 4.69) is 27.9 Å². The molecule has 3 aromatic rings. The highest BCUT2D eigenvalue weighted by Crippen LogP contribution is 2.14. The number of carbonyl (C=O) groups excluding carboxylic acids is 1. The van der Waals surface area contributed by atoms with E-state index >= 15 is 0 Å². The van der Waals surface area contributed by atoms with E-state index in [1.165, 1.54) is 5.56 Å². The van der Waals surface area contributed by atoms with Crippen LogP contribution in [0.4, 0.5) is 0 Å². The van der Waals surface area contributed by atoms with Crippen LogP contribution in [0.1, 0.15) is 27.2 Å². The van der Waals surface area contributed by atoms with Gasteiger partial charge in [-0.25, -0.2) is 0 Å². The van der Waals surface area contributed by atoms with Crippen molar-refractivity contribution in [1.82, 2.24) is 19.8 Å². The van der Waals surface area contributed by atoms with Gasteiger partial charge in [0.15, 0.2) is 0 Å². The third-order valence-corrected chi connectivity index (χ3v) is 5.42. The number of amides is 1. The number of pyridine rings is 2. The maximum absolute atomic E-state index is 12.9. The van der Waals surface area contributed by atoms with Crippen LogP contribution in [0.2, 0.25) is 0 Å². The number of nitrogens with zero attached hydrogens (tertiary/aromatic N) is 3. The molecule has 6 heteroatoms. The zero-order valence-electron chi connectivity index (χ0n) is 16.2. The molecule has 1 amide bonds. The van der Waals surface area contributed by atoms with E-state index in [1.54, 1.807) is 11.1 Å². The molecule has 4 rings (SSSR count). The van der Waals surface area contributed by atoms with Gasteiger partial charge in [-0.1, -0.05) is 17.7 Å². The minimum absolute atomic E-state index is 0.196. The molecule has 0 atom stereocenters. The van der Waals surface area contributed by atoms with Gasteiger partial charge in [-0.2, -0.15) is 0 Å². The summed E-state index contributed by atoms with van der Waals surface area (Å²) in [5.41, 5.74) is 4.02. The van der Waals surface area contributed by atoms with Crippen LogP contribution in [0.3, 0.4) is 0 Å². The number of hydrogen-bond acceptors (Lipinski definition) is 4.